The number of nitrogens with two attached hydrogens (primary N) is 1. The minimum atomic E-state index is -0.860. The van der Waals surface area contributed by atoms with Gasteiger partial charge in [-0.2, -0.15) is 0 Å². The molecule has 0 amide bonds. The zero-order valence-electron chi connectivity index (χ0n) is 8.95. The van der Waals surface area contributed by atoms with E-state index < -0.39 is 11.6 Å². The second kappa shape index (κ2) is 4.78. The highest BCUT2D eigenvalue weighted by Crippen LogP contribution is 2.22. The third kappa shape index (κ3) is 2.50. The van der Waals surface area contributed by atoms with Crippen LogP contribution in [0.3, 0.4) is 0 Å². The van der Waals surface area contributed by atoms with Gasteiger partial charge in [-0.1, -0.05) is 30.3 Å². The summed E-state index contributed by atoms with van der Waals surface area (Å²) in [6.07, 6.45) is 0.895. The number of hydrogen-bond donors (Lipinski definition) is 2. The molecule has 1 heterocycles. The van der Waals surface area contributed by atoms with Crippen LogP contribution in [-0.2, 0) is 6.54 Å². The first-order valence-corrected chi connectivity index (χ1v) is 5.05. The molecule has 1 aromatic carbocycles. The molecule has 0 saturated heterocycles. The van der Waals surface area contributed by atoms with Crippen LogP contribution < -0.4 is 11.1 Å². The largest absolute Gasteiger partial charge is 0.381 e. The summed E-state index contributed by atoms with van der Waals surface area (Å²) < 4.78 is 26.8. The topological polar surface area (TPSA) is 50.9 Å². The lowest BCUT2D eigenvalue weighted by atomic mass is 10.2. The van der Waals surface area contributed by atoms with Gasteiger partial charge in [-0.25, -0.2) is 13.8 Å². The Kier molecular flexibility index (Phi) is 3.18. The van der Waals surface area contributed by atoms with Crippen molar-refractivity contribution >= 4 is 11.5 Å². The number of nitrogens with zero attached hydrogens (tertiary/aromatic N) is 1. The van der Waals surface area contributed by atoms with Gasteiger partial charge in [0.2, 0.25) is 0 Å². The molecule has 1 aromatic heterocycles. The van der Waals surface area contributed by atoms with Gasteiger partial charge in [0.1, 0.15) is 5.69 Å². The molecule has 88 valence electrons. The molecule has 2 aromatic rings. The van der Waals surface area contributed by atoms with Crippen molar-refractivity contribution in [2.75, 3.05) is 11.1 Å². The van der Waals surface area contributed by atoms with Crippen LogP contribution in [0.25, 0.3) is 0 Å². The Labute approximate surface area is 97.3 Å². The van der Waals surface area contributed by atoms with E-state index in [0.717, 1.165) is 11.8 Å². The first-order valence-electron chi connectivity index (χ1n) is 5.05. The average Bonchev–Trinajstić information content (AvgIpc) is 2.35. The summed E-state index contributed by atoms with van der Waals surface area (Å²) in [6.45, 7) is 0.318. The van der Waals surface area contributed by atoms with Crippen molar-refractivity contribution in [3.8, 4) is 0 Å². The Morgan fingerprint density at radius 3 is 2.59 bits per heavy atom. The minimum Gasteiger partial charge on any atom is -0.381 e. The van der Waals surface area contributed by atoms with Gasteiger partial charge in [0.15, 0.2) is 17.5 Å². The van der Waals surface area contributed by atoms with E-state index in [2.05, 4.69) is 10.3 Å². The maximum absolute atomic E-state index is 13.5. The predicted octanol–water partition coefficient (Wildman–Crippen LogP) is 2.55. The summed E-state index contributed by atoms with van der Waals surface area (Å²) in [5.41, 5.74) is 5.94. The second-order valence-electron chi connectivity index (χ2n) is 3.52. The van der Waals surface area contributed by atoms with E-state index in [1.807, 2.05) is 30.3 Å². The molecule has 0 saturated carbocycles. The fraction of sp³-hybridized carbons (Fsp3) is 0.0833. The molecule has 0 spiro atoms. The molecule has 17 heavy (non-hydrogen) atoms. The van der Waals surface area contributed by atoms with Crippen LogP contribution >= 0.6 is 0 Å². The van der Waals surface area contributed by atoms with Crippen molar-refractivity contribution in [1.82, 2.24) is 4.98 Å². The van der Waals surface area contributed by atoms with Crippen LogP contribution in [0.5, 0.6) is 0 Å². The second-order valence-corrected chi connectivity index (χ2v) is 3.52. The average molecular weight is 235 g/mol. The molecule has 3 nitrogen and oxygen atoms in total. The molecular weight excluding hydrogens is 224 g/mol. The molecule has 0 aliphatic carbocycles. The standard InChI is InChI=1S/C12H11F2N3/c13-9-7-17-12(15)10(14)11(9)16-6-8-4-2-1-3-5-8/h1-5,7H,6H2,(H3,15,16,17). The van der Waals surface area contributed by atoms with Crippen LogP contribution in [0, 0.1) is 11.6 Å². The SMILES string of the molecule is Nc1ncc(F)c(NCc2ccccc2)c1F. The summed E-state index contributed by atoms with van der Waals surface area (Å²) in [5.74, 6) is -1.93. The first kappa shape index (κ1) is 11.3. The lowest BCUT2D eigenvalue weighted by Crippen LogP contribution is -2.07. The lowest BCUT2D eigenvalue weighted by Gasteiger charge is -2.09. The highest BCUT2D eigenvalue weighted by atomic mass is 19.1. The maximum atomic E-state index is 13.5. The molecule has 0 unspecified atom stereocenters. The number of anilines is 2. The molecule has 3 N–H and O–H groups in total. The third-order valence-electron chi connectivity index (χ3n) is 2.31. The normalized spacial score (nSPS) is 10.2. The fourth-order valence-electron chi connectivity index (χ4n) is 1.43. The number of benzene rings is 1. The van der Waals surface area contributed by atoms with E-state index in [1.54, 1.807) is 0 Å². The Hall–Kier alpha value is -2.17. The van der Waals surface area contributed by atoms with E-state index in [4.69, 9.17) is 5.73 Å². The number of aromatic nitrogens is 1. The molecule has 0 atom stereocenters. The van der Waals surface area contributed by atoms with Crippen molar-refractivity contribution < 1.29 is 8.78 Å². The molecule has 2 rings (SSSR count). The number of nitrogen functional groups attached to an aromatic ring is 1. The highest BCUT2D eigenvalue weighted by Gasteiger charge is 2.12. The number of nitrogens with one attached hydrogen (secondary N) is 1. The van der Waals surface area contributed by atoms with E-state index in [1.165, 1.54) is 0 Å². The molecule has 0 bridgehead atoms. The van der Waals surface area contributed by atoms with Crippen LogP contribution in [0.4, 0.5) is 20.3 Å². The van der Waals surface area contributed by atoms with Gasteiger partial charge in [-0.3, -0.25) is 0 Å². The minimum absolute atomic E-state index is 0.249. The molecular formula is C12H11F2N3. The summed E-state index contributed by atoms with van der Waals surface area (Å²) in [7, 11) is 0. The zero-order valence-corrected chi connectivity index (χ0v) is 8.95. The van der Waals surface area contributed by atoms with Gasteiger partial charge < -0.3 is 11.1 Å². The number of hydrogen-bond acceptors (Lipinski definition) is 3. The summed E-state index contributed by atoms with van der Waals surface area (Å²) >= 11 is 0. The van der Waals surface area contributed by atoms with Crippen LogP contribution in [0.2, 0.25) is 0 Å². The Morgan fingerprint density at radius 1 is 1.18 bits per heavy atom. The van der Waals surface area contributed by atoms with Crippen molar-refractivity contribution in [3.05, 3.63) is 53.7 Å². The van der Waals surface area contributed by atoms with Crippen LogP contribution in [-0.4, -0.2) is 4.98 Å². The van der Waals surface area contributed by atoms with Gasteiger partial charge >= 0.3 is 0 Å². The van der Waals surface area contributed by atoms with Crippen LogP contribution in [0.15, 0.2) is 36.5 Å². The Bertz CT molecular complexity index is 515. The highest BCUT2D eigenvalue weighted by molar-refractivity contribution is 5.53. The summed E-state index contributed by atoms with van der Waals surface area (Å²) in [5, 5.41) is 2.67. The summed E-state index contributed by atoms with van der Waals surface area (Å²) in [6, 6.07) is 9.28. The molecule has 5 heteroatoms. The summed E-state index contributed by atoms with van der Waals surface area (Å²) in [4.78, 5) is 3.38. The van der Waals surface area contributed by atoms with E-state index >= 15 is 0 Å². The van der Waals surface area contributed by atoms with Crippen molar-refractivity contribution in [3.63, 3.8) is 0 Å². The van der Waals surface area contributed by atoms with Crippen LogP contribution in [0.1, 0.15) is 5.56 Å². The monoisotopic (exact) mass is 235 g/mol. The lowest BCUT2D eigenvalue weighted by molar-refractivity contribution is 0.582. The Balaban J connectivity index is 2.17. The number of rotatable bonds is 3. The predicted molar refractivity (Wildman–Crippen MR) is 62.3 cm³/mol. The van der Waals surface area contributed by atoms with Crippen molar-refractivity contribution in [2.24, 2.45) is 0 Å². The quantitative estimate of drug-likeness (QED) is 0.859. The molecule has 0 aliphatic heterocycles. The van der Waals surface area contributed by atoms with E-state index in [0.29, 0.717) is 6.54 Å². The van der Waals surface area contributed by atoms with Gasteiger partial charge in [0.25, 0.3) is 0 Å². The first-order chi connectivity index (χ1) is 8.18. The van der Waals surface area contributed by atoms with E-state index in [-0.39, 0.29) is 11.5 Å². The third-order valence-corrected chi connectivity index (χ3v) is 2.31. The molecule has 0 aliphatic rings. The smallest absolute Gasteiger partial charge is 0.191 e. The number of pyridine rings is 1. The van der Waals surface area contributed by atoms with Gasteiger partial charge in [0, 0.05) is 6.54 Å². The molecule has 0 radical (unpaired) electrons. The van der Waals surface area contributed by atoms with Gasteiger partial charge in [-0.05, 0) is 5.56 Å². The van der Waals surface area contributed by atoms with Gasteiger partial charge in [0.05, 0.1) is 6.20 Å². The maximum Gasteiger partial charge on any atom is 0.191 e. The fourth-order valence-corrected chi connectivity index (χ4v) is 1.43. The zero-order chi connectivity index (χ0) is 12.3. The van der Waals surface area contributed by atoms with Crippen molar-refractivity contribution in [1.29, 1.82) is 0 Å². The van der Waals surface area contributed by atoms with Crippen molar-refractivity contribution in [2.45, 2.75) is 6.54 Å². The number of halogens is 2. The molecule has 0 fully saturated rings. The van der Waals surface area contributed by atoms with Gasteiger partial charge in [-0.15, -0.1) is 0 Å². The Morgan fingerprint density at radius 2 is 1.88 bits per heavy atom. The van der Waals surface area contributed by atoms with E-state index in [9.17, 15) is 8.78 Å².